The Labute approximate surface area is 87.7 Å². The Morgan fingerprint density at radius 1 is 1.50 bits per heavy atom. The first kappa shape index (κ1) is 11.0. The minimum atomic E-state index is -0.623. The number of halogens is 1. The van der Waals surface area contributed by atoms with Gasteiger partial charge in [0.25, 0.3) is 0 Å². The molecule has 0 radical (unpaired) electrons. The van der Waals surface area contributed by atoms with Gasteiger partial charge in [0.05, 0.1) is 12.5 Å². The Balaban J connectivity index is 2.52. The highest BCUT2D eigenvalue weighted by molar-refractivity contribution is 6.30. The third-order valence-electron chi connectivity index (χ3n) is 1.61. The average molecular weight is 214 g/mol. The Hall–Kier alpha value is -1.06. The van der Waals surface area contributed by atoms with Crippen molar-refractivity contribution >= 4 is 23.2 Å². The number of rotatable bonds is 3. The molecule has 0 aromatic heterocycles. The molecule has 0 fully saturated rings. The van der Waals surface area contributed by atoms with E-state index in [2.05, 4.69) is 5.32 Å². The lowest BCUT2D eigenvalue weighted by Crippen LogP contribution is -2.17. The van der Waals surface area contributed by atoms with Crippen molar-refractivity contribution in [2.24, 2.45) is 0 Å². The van der Waals surface area contributed by atoms with Gasteiger partial charge in [0.1, 0.15) is 0 Å². The van der Waals surface area contributed by atoms with E-state index in [4.69, 9.17) is 16.7 Å². The summed E-state index contributed by atoms with van der Waals surface area (Å²) in [7, 11) is 0. The van der Waals surface area contributed by atoms with E-state index in [1.54, 1.807) is 31.2 Å². The van der Waals surface area contributed by atoms with Gasteiger partial charge in [-0.3, -0.25) is 4.79 Å². The average Bonchev–Trinajstić information content (AvgIpc) is 2.07. The van der Waals surface area contributed by atoms with Gasteiger partial charge in [-0.25, -0.2) is 0 Å². The van der Waals surface area contributed by atoms with Crippen LogP contribution in [0.1, 0.15) is 13.3 Å². The number of carbonyl (C=O) groups is 1. The maximum Gasteiger partial charge on any atom is 0.226 e. The number of aliphatic hydroxyl groups is 1. The first-order chi connectivity index (χ1) is 6.58. The van der Waals surface area contributed by atoms with Crippen molar-refractivity contribution in [3.05, 3.63) is 29.3 Å². The smallest absolute Gasteiger partial charge is 0.226 e. The lowest BCUT2D eigenvalue weighted by atomic mass is 10.2. The van der Waals surface area contributed by atoms with Crippen molar-refractivity contribution in [3.63, 3.8) is 0 Å². The van der Waals surface area contributed by atoms with Gasteiger partial charge in [-0.15, -0.1) is 0 Å². The van der Waals surface area contributed by atoms with E-state index in [9.17, 15) is 4.79 Å². The maximum atomic E-state index is 11.2. The van der Waals surface area contributed by atoms with Crippen LogP contribution in [0.15, 0.2) is 24.3 Å². The van der Waals surface area contributed by atoms with E-state index < -0.39 is 6.10 Å². The molecule has 1 aromatic rings. The quantitative estimate of drug-likeness (QED) is 0.808. The summed E-state index contributed by atoms with van der Waals surface area (Å²) in [5.41, 5.74) is 0.681. The zero-order chi connectivity index (χ0) is 10.6. The summed E-state index contributed by atoms with van der Waals surface area (Å²) in [6.45, 7) is 1.57. The lowest BCUT2D eigenvalue weighted by molar-refractivity contribution is -0.117. The first-order valence-electron chi connectivity index (χ1n) is 4.31. The molecule has 0 unspecified atom stereocenters. The van der Waals surface area contributed by atoms with Crippen molar-refractivity contribution in [1.82, 2.24) is 0 Å². The summed E-state index contributed by atoms with van der Waals surface area (Å²) >= 11 is 5.68. The second kappa shape index (κ2) is 4.98. The molecule has 0 spiro atoms. The Kier molecular flexibility index (Phi) is 3.92. The van der Waals surface area contributed by atoms with Gasteiger partial charge in [-0.1, -0.05) is 11.6 Å². The van der Waals surface area contributed by atoms with Crippen molar-refractivity contribution in [2.75, 3.05) is 5.32 Å². The van der Waals surface area contributed by atoms with Crippen molar-refractivity contribution in [1.29, 1.82) is 0 Å². The third kappa shape index (κ3) is 3.77. The zero-order valence-corrected chi connectivity index (χ0v) is 8.58. The maximum absolute atomic E-state index is 11.2. The molecule has 0 aliphatic carbocycles. The van der Waals surface area contributed by atoms with E-state index >= 15 is 0 Å². The fraction of sp³-hybridized carbons (Fsp3) is 0.300. The highest BCUT2D eigenvalue weighted by atomic mass is 35.5. The van der Waals surface area contributed by atoms with Crippen molar-refractivity contribution in [2.45, 2.75) is 19.4 Å². The first-order valence-corrected chi connectivity index (χ1v) is 4.69. The van der Waals surface area contributed by atoms with E-state index in [0.29, 0.717) is 10.7 Å². The molecule has 2 N–H and O–H groups in total. The number of aliphatic hydroxyl groups excluding tert-OH is 1. The fourth-order valence-electron chi connectivity index (χ4n) is 1.01. The monoisotopic (exact) mass is 213 g/mol. The molecule has 14 heavy (non-hydrogen) atoms. The third-order valence-corrected chi connectivity index (χ3v) is 1.86. The SMILES string of the molecule is C[C@H](O)CC(=O)Nc1ccc(Cl)cc1. The number of amides is 1. The predicted octanol–water partition coefficient (Wildman–Crippen LogP) is 2.05. The minimum absolute atomic E-state index is 0.0998. The van der Waals surface area contributed by atoms with Gasteiger partial charge >= 0.3 is 0 Å². The highest BCUT2D eigenvalue weighted by Gasteiger charge is 2.05. The van der Waals surface area contributed by atoms with Gasteiger partial charge < -0.3 is 10.4 Å². The molecule has 1 amide bonds. The molecule has 0 aliphatic heterocycles. The van der Waals surface area contributed by atoms with Crippen LogP contribution in [0.5, 0.6) is 0 Å². The molecular weight excluding hydrogens is 202 g/mol. The molecule has 3 nitrogen and oxygen atoms in total. The largest absolute Gasteiger partial charge is 0.393 e. The number of carbonyl (C=O) groups excluding carboxylic acids is 1. The molecule has 4 heteroatoms. The number of anilines is 1. The number of benzene rings is 1. The van der Waals surface area contributed by atoms with Crippen LogP contribution < -0.4 is 5.32 Å². The Bertz CT molecular complexity index is 308. The number of nitrogens with one attached hydrogen (secondary N) is 1. The molecule has 76 valence electrons. The Morgan fingerprint density at radius 2 is 2.07 bits per heavy atom. The lowest BCUT2D eigenvalue weighted by Gasteiger charge is -2.06. The van der Waals surface area contributed by atoms with Gasteiger partial charge in [0.2, 0.25) is 5.91 Å². The van der Waals surface area contributed by atoms with Gasteiger partial charge in [0, 0.05) is 10.7 Å². The van der Waals surface area contributed by atoms with Crippen molar-refractivity contribution in [3.8, 4) is 0 Å². The van der Waals surface area contributed by atoms with Crippen molar-refractivity contribution < 1.29 is 9.90 Å². The topological polar surface area (TPSA) is 49.3 Å². The number of hydrogen-bond acceptors (Lipinski definition) is 2. The van der Waals surface area contributed by atoms with E-state index in [1.165, 1.54) is 0 Å². The van der Waals surface area contributed by atoms with Gasteiger partial charge in [-0.05, 0) is 31.2 Å². The molecule has 0 saturated carbocycles. The molecule has 0 saturated heterocycles. The molecule has 1 aromatic carbocycles. The number of hydrogen-bond donors (Lipinski definition) is 2. The Morgan fingerprint density at radius 3 is 2.57 bits per heavy atom. The van der Waals surface area contributed by atoms with E-state index in [0.717, 1.165) is 0 Å². The van der Waals surface area contributed by atoms with Crippen LogP contribution in [0.3, 0.4) is 0 Å². The molecule has 0 aliphatic rings. The van der Waals surface area contributed by atoms with Crippen LogP contribution in [-0.2, 0) is 4.79 Å². The standard InChI is InChI=1S/C10H12ClNO2/c1-7(13)6-10(14)12-9-4-2-8(11)3-5-9/h2-5,7,13H,6H2,1H3,(H,12,14)/t7-/m0/s1. The fourth-order valence-corrected chi connectivity index (χ4v) is 1.14. The second-order valence-electron chi connectivity index (χ2n) is 3.11. The second-order valence-corrected chi connectivity index (χ2v) is 3.54. The van der Waals surface area contributed by atoms with Crippen LogP contribution in [-0.4, -0.2) is 17.1 Å². The molecular formula is C10H12ClNO2. The van der Waals surface area contributed by atoms with Crippen LogP contribution in [0.4, 0.5) is 5.69 Å². The molecule has 1 atom stereocenters. The summed E-state index contributed by atoms with van der Waals surface area (Å²) in [6.07, 6.45) is -0.523. The van der Waals surface area contributed by atoms with E-state index in [1.807, 2.05) is 0 Å². The van der Waals surface area contributed by atoms with E-state index in [-0.39, 0.29) is 12.3 Å². The predicted molar refractivity (Wildman–Crippen MR) is 56.4 cm³/mol. The highest BCUT2D eigenvalue weighted by Crippen LogP contribution is 2.13. The summed E-state index contributed by atoms with van der Waals surface area (Å²) in [6, 6.07) is 6.81. The summed E-state index contributed by atoms with van der Waals surface area (Å²) in [5.74, 6) is -0.206. The van der Waals surface area contributed by atoms with Crippen LogP contribution >= 0.6 is 11.6 Å². The zero-order valence-electron chi connectivity index (χ0n) is 7.83. The summed E-state index contributed by atoms with van der Waals surface area (Å²) in [5, 5.41) is 12.2. The van der Waals surface area contributed by atoms with Gasteiger partial charge in [-0.2, -0.15) is 0 Å². The summed E-state index contributed by atoms with van der Waals surface area (Å²) in [4.78, 5) is 11.2. The minimum Gasteiger partial charge on any atom is -0.393 e. The van der Waals surface area contributed by atoms with Crippen LogP contribution in [0, 0.1) is 0 Å². The normalized spacial score (nSPS) is 12.2. The van der Waals surface area contributed by atoms with Crippen LogP contribution in [0.25, 0.3) is 0 Å². The molecule has 0 bridgehead atoms. The van der Waals surface area contributed by atoms with Crippen LogP contribution in [0.2, 0.25) is 5.02 Å². The summed E-state index contributed by atoms with van der Waals surface area (Å²) < 4.78 is 0. The molecule has 1 rings (SSSR count). The molecule has 0 heterocycles. The van der Waals surface area contributed by atoms with Gasteiger partial charge in [0.15, 0.2) is 0 Å².